The molecule has 110 valence electrons. The van der Waals surface area contributed by atoms with Gasteiger partial charge >= 0.3 is 5.97 Å². The van der Waals surface area contributed by atoms with Crippen LogP contribution in [0.3, 0.4) is 0 Å². The minimum absolute atomic E-state index is 0.205. The van der Waals surface area contributed by atoms with Crippen LogP contribution in [-0.4, -0.2) is 41.4 Å². The number of anilines is 1. The number of para-hydroxylation sites is 1. The lowest BCUT2D eigenvalue weighted by molar-refractivity contribution is 0.0638. The molecule has 3 rings (SSSR count). The van der Waals surface area contributed by atoms with E-state index in [-0.39, 0.29) is 11.1 Å². The zero-order valence-electron chi connectivity index (χ0n) is 12.2. The number of nitrogens with zero attached hydrogens (tertiary/aromatic N) is 2. The second kappa shape index (κ2) is 5.00. The number of ether oxygens (including phenoxy) is 1. The van der Waals surface area contributed by atoms with Gasteiger partial charge in [0.05, 0.1) is 29.8 Å². The highest BCUT2D eigenvalue weighted by atomic mass is 16.5. The molecule has 5 heteroatoms. The zero-order valence-corrected chi connectivity index (χ0v) is 12.2. The van der Waals surface area contributed by atoms with E-state index in [1.165, 1.54) is 0 Å². The van der Waals surface area contributed by atoms with Crippen LogP contribution in [0.5, 0.6) is 0 Å². The predicted molar refractivity (Wildman–Crippen MR) is 80.9 cm³/mol. The molecule has 1 fully saturated rings. The fourth-order valence-corrected chi connectivity index (χ4v) is 2.76. The van der Waals surface area contributed by atoms with Gasteiger partial charge in [-0.25, -0.2) is 9.78 Å². The lowest BCUT2D eigenvalue weighted by Gasteiger charge is -2.43. The SMILES string of the molecule is CC1(C)COCCN1c1cc(C(=O)O)c2ccccc2n1. The van der Waals surface area contributed by atoms with Crippen molar-refractivity contribution in [3.63, 3.8) is 0 Å². The van der Waals surface area contributed by atoms with Crippen molar-refractivity contribution in [2.45, 2.75) is 19.4 Å². The van der Waals surface area contributed by atoms with Crippen molar-refractivity contribution in [2.75, 3.05) is 24.7 Å². The summed E-state index contributed by atoms with van der Waals surface area (Å²) in [5.41, 5.74) is 0.788. The Kier molecular flexibility index (Phi) is 3.29. The molecule has 0 amide bonds. The molecule has 1 aliphatic heterocycles. The molecule has 0 aliphatic carbocycles. The van der Waals surface area contributed by atoms with E-state index in [0.717, 1.165) is 0 Å². The highest BCUT2D eigenvalue weighted by molar-refractivity contribution is 6.03. The third kappa shape index (κ3) is 2.45. The molecule has 1 aliphatic rings. The summed E-state index contributed by atoms with van der Waals surface area (Å²) in [6.45, 7) is 6.08. The molecule has 2 aromatic rings. The van der Waals surface area contributed by atoms with Gasteiger partial charge in [0.25, 0.3) is 0 Å². The number of hydrogen-bond acceptors (Lipinski definition) is 4. The molecule has 0 spiro atoms. The van der Waals surface area contributed by atoms with Crippen molar-refractivity contribution in [2.24, 2.45) is 0 Å². The normalized spacial score (nSPS) is 17.9. The first-order chi connectivity index (χ1) is 9.99. The molecule has 0 unspecified atom stereocenters. The van der Waals surface area contributed by atoms with Crippen LogP contribution >= 0.6 is 0 Å². The van der Waals surface area contributed by atoms with E-state index >= 15 is 0 Å². The first-order valence-electron chi connectivity index (χ1n) is 6.97. The molecular formula is C16H18N2O3. The Morgan fingerprint density at radius 2 is 2.14 bits per heavy atom. The number of fused-ring (bicyclic) bond motifs is 1. The van der Waals surface area contributed by atoms with Crippen molar-refractivity contribution in [3.05, 3.63) is 35.9 Å². The van der Waals surface area contributed by atoms with Crippen molar-refractivity contribution in [1.29, 1.82) is 0 Å². The van der Waals surface area contributed by atoms with E-state index in [1.807, 2.05) is 18.2 Å². The van der Waals surface area contributed by atoms with Crippen LogP contribution in [0.25, 0.3) is 10.9 Å². The summed E-state index contributed by atoms with van der Waals surface area (Å²) in [7, 11) is 0. The van der Waals surface area contributed by atoms with E-state index in [4.69, 9.17) is 4.74 Å². The Hall–Kier alpha value is -2.14. The highest BCUT2D eigenvalue weighted by Crippen LogP contribution is 2.29. The summed E-state index contributed by atoms with van der Waals surface area (Å²) in [4.78, 5) is 18.3. The van der Waals surface area contributed by atoms with Crippen LogP contribution in [0.1, 0.15) is 24.2 Å². The van der Waals surface area contributed by atoms with Gasteiger partial charge in [0.15, 0.2) is 0 Å². The number of pyridine rings is 1. The molecule has 0 atom stereocenters. The fraction of sp³-hybridized carbons (Fsp3) is 0.375. The summed E-state index contributed by atoms with van der Waals surface area (Å²) in [6.07, 6.45) is 0. The molecule has 21 heavy (non-hydrogen) atoms. The number of aromatic nitrogens is 1. The summed E-state index contributed by atoms with van der Waals surface area (Å²) in [5.74, 6) is -0.236. The average Bonchev–Trinajstić information content (AvgIpc) is 2.45. The first-order valence-corrected chi connectivity index (χ1v) is 6.97. The Labute approximate surface area is 123 Å². The molecule has 2 heterocycles. The van der Waals surface area contributed by atoms with Crippen LogP contribution in [-0.2, 0) is 4.74 Å². The van der Waals surface area contributed by atoms with Gasteiger partial charge in [0.2, 0.25) is 0 Å². The number of morpholine rings is 1. The number of rotatable bonds is 2. The Bertz CT molecular complexity index is 697. The molecule has 1 N–H and O–H groups in total. The summed E-state index contributed by atoms with van der Waals surface area (Å²) >= 11 is 0. The van der Waals surface area contributed by atoms with Gasteiger partial charge in [-0.2, -0.15) is 0 Å². The van der Waals surface area contributed by atoms with Crippen LogP contribution in [0, 0.1) is 0 Å². The molecule has 1 saturated heterocycles. The summed E-state index contributed by atoms with van der Waals surface area (Å²) in [6, 6.07) is 9.00. The van der Waals surface area contributed by atoms with Gasteiger partial charge in [-0.05, 0) is 26.0 Å². The van der Waals surface area contributed by atoms with Crippen LogP contribution in [0.15, 0.2) is 30.3 Å². The monoisotopic (exact) mass is 286 g/mol. The number of hydrogen-bond donors (Lipinski definition) is 1. The maximum Gasteiger partial charge on any atom is 0.336 e. The maximum absolute atomic E-state index is 11.5. The van der Waals surface area contributed by atoms with Crippen molar-refractivity contribution >= 4 is 22.7 Å². The summed E-state index contributed by atoms with van der Waals surface area (Å²) in [5, 5.41) is 10.1. The molecular weight excluding hydrogens is 268 g/mol. The number of carbonyl (C=O) groups is 1. The maximum atomic E-state index is 11.5. The average molecular weight is 286 g/mol. The second-order valence-corrected chi connectivity index (χ2v) is 5.87. The Morgan fingerprint density at radius 1 is 1.38 bits per heavy atom. The van der Waals surface area contributed by atoms with Crippen LogP contribution in [0.2, 0.25) is 0 Å². The van der Waals surface area contributed by atoms with Crippen LogP contribution in [0.4, 0.5) is 5.82 Å². The van der Waals surface area contributed by atoms with E-state index in [0.29, 0.717) is 36.5 Å². The number of carboxylic acids is 1. The molecule has 1 aromatic heterocycles. The lowest BCUT2D eigenvalue weighted by Crippen LogP contribution is -2.53. The van der Waals surface area contributed by atoms with E-state index < -0.39 is 5.97 Å². The Morgan fingerprint density at radius 3 is 2.86 bits per heavy atom. The minimum Gasteiger partial charge on any atom is -0.478 e. The quantitative estimate of drug-likeness (QED) is 0.919. The summed E-state index contributed by atoms with van der Waals surface area (Å²) < 4.78 is 5.52. The van der Waals surface area contributed by atoms with E-state index in [2.05, 4.69) is 23.7 Å². The van der Waals surface area contributed by atoms with E-state index in [1.54, 1.807) is 12.1 Å². The lowest BCUT2D eigenvalue weighted by atomic mass is 10.0. The topological polar surface area (TPSA) is 62.7 Å². The van der Waals surface area contributed by atoms with Gasteiger partial charge in [-0.15, -0.1) is 0 Å². The van der Waals surface area contributed by atoms with Crippen molar-refractivity contribution in [3.8, 4) is 0 Å². The van der Waals surface area contributed by atoms with Gasteiger partial charge in [0, 0.05) is 11.9 Å². The van der Waals surface area contributed by atoms with Gasteiger partial charge in [-0.3, -0.25) is 0 Å². The Balaban J connectivity index is 2.17. The van der Waals surface area contributed by atoms with Gasteiger partial charge in [0.1, 0.15) is 5.82 Å². The largest absolute Gasteiger partial charge is 0.478 e. The van der Waals surface area contributed by atoms with Crippen molar-refractivity contribution < 1.29 is 14.6 Å². The highest BCUT2D eigenvalue weighted by Gasteiger charge is 2.32. The molecule has 5 nitrogen and oxygen atoms in total. The third-order valence-electron chi connectivity index (χ3n) is 3.85. The van der Waals surface area contributed by atoms with E-state index in [9.17, 15) is 9.90 Å². The zero-order chi connectivity index (χ0) is 15.0. The standard InChI is InChI=1S/C16H18N2O3/c1-16(2)10-21-8-7-18(16)14-9-12(15(19)20)11-5-3-4-6-13(11)17-14/h3-6,9H,7-8,10H2,1-2H3,(H,19,20). The van der Waals surface area contributed by atoms with Crippen LogP contribution < -0.4 is 4.90 Å². The van der Waals surface area contributed by atoms with Crippen molar-refractivity contribution in [1.82, 2.24) is 4.98 Å². The molecule has 0 radical (unpaired) electrons. The molecule has 0 saturated carbocycles. The van der Waals surface area contributed by atoms with Gasteiger partial charge < -0.3 is 14.7 Å². The molecule has 1 aromatic carbocycles. The first kappa shape index (κ1) is 13.8. The number of aromatic carboxylic acids is 1. The fourth-order valence-electron chi connectivity index (χ4n) is 2.76. The predicted octanol–water partition coefficient (Wildman–Crippen LogP) is 2.55. The smallest absolute Gasteiger partial charge is 0.336 e. The molecule has 0 bridgehead atoms. The van der Waals surface area contributed by atoms with Gasteiger partial charge in [-0.1, -0.05) is 18.2 Å². The minimum atomic E-state index is -0.930. The number of benzene rings is 1. The second-order valence-electron chi connectivity index (χ2n) is 5.87. The number of carboxylic acid groups (broad SMARTS) is 1. The third-order valence-corrected chi connectivity index (χ3v) is 3.85.